The molecular weight excluding hydrogens is 235 g/mol. The molecule has 0 radical (unpaired) electrons. The van der Waals surface area contributed by atoms with Gasteiger partial charge in [-0.2, -0.15) is 0 Å². The van der Waals surface area contributed by atoms with E-state index in [0.717, 1.165) is 13.2 Å². The van der Waals surface area contributed by atoms with Crippen LogP contribution in [-0.2, 0) is 17.1 Å². The number of carbonyl (C=O) groups is 1. The van der Waals surface area contributed by atoms with Crippen molar-refractivity contribution < 1.29 is 17.1 Å². The van der Waals surface area contributed by atoms with Crippen molar-refractivity contribution in [1.82, 2.24) is 0 Å². The Bertz CT molecular complexity index is 145. The predicted octanol–water partition coefficient (Wildman–Crippen LogP) is 2.46. The molecule has 0 saturated carbocycles. The predicted molar refractivity (Wildman–Crippen MR) is 71.2 cm³/mol. The van der Waals surface area contributed by atoms with Gasteiger partial charge in [0, 0.05) is 20.1 Å². The average molecular weight is 262 g/mol. The molecule has 0 atom stereocenters. The minimum atomic E-state index is -0.629. The third-order valence-corrected chi connectivity index (χ3v) is 2.71. The van der Waals surface area contributed by atoms with Gasteiger partial charge in [-0.3, -0.25) is 4.79 Å². The van der Waals surface area contributed by atoms with Crippen molar-refractivity contribution in [2.24, 2.45) is 0 Å². The highest BCUT2D eigenvalue weighted by Crippen LogP contribution is 1.89. The van der Waals surface area contributed by atoms with Crippen molar-refractivity contribution in [3.63, 3.8) is 0 Å². The smallest absolute Gasteiger partial charge is 0.481 e. The second-order valence-electron chi connectivity index (χ2n) is 3.57. The summed E-state index contributed by atoms with van der Waals surface area (Å²) >= 11 is -0.629. The van der Waals surface area contributed by atoms with E-state index >= 15 is 0 Å². The third kappa shape index (κ3) is 25.9. The van der Waals surface area contributed by atoms with E-state index in [1.165, 1.54) is 32.6 Å². The van der Waals surface area contributed by atoms with Gasteiger partial charge in [0.25, 0.3) is 0 Å². The number of hydrogen-bond donors (Lipinski definition) is 0. The molecule has 0 bridgehead atoms. The minimum absolute atomic E-state index is 0.211. The standard InChI is InChI=1S/C4H8O2.2C4H9O.Al.H/c1-3-6-4(2)5;2*1-2-3-4-5;;/h3H2,1-2H3;2*2-4H2,1H3;;/q;2*-1;+2;. The molecule has 0 aliphatic carbocycles. The first-order chi connectivity index (χ1) is 8.18. The molecule has 0 unspecified atom stereocenters. The molecule has 0 aliphatic heterocycles. The van der Waals surface area contributed by atoms with Crippen LogP contribution in [0.1, 0.15) is 53.4 Å². The van der Waals surface area contributed by atoms with Gasteiger partial charge in [0.15, 0.2) is 0 Å². The van der Waals surface area contributed by atoms with Gasteiger partial charge in [-0.05, 0) is 19.8 Å². The second-order valence-corrected chi connectivity index (χ2v) is 4.62. The van der Waals surface area contributed by atoms with Crippen LogP contribution in [0.5, 0.6) is 0 Å². The van der Waals surface area contributed by atoms with Crippen LogP contribution in [0.2, 0.25) is 0 Å². The number of rotatable bonds is 9. The maximum Gasteiger partial charge on any atom is 0.649 e. The van der Waals surface area contributed by atoms with E-state index in [1.54, 1.807) is 6.92 Å². The lowest BCUT2D eigenvalue weighted by Gasteiger charge is -2.02. The lowest BCUT2D eigenvalue weighted by molar-refractivity contribution is -0.140. The molecule has 0 spiro atoms. The van der Waals surface area contributed by atoms with Crippen molar-refractivity contribution in [2.75, 3.05) is 19.8 Å². The molecule has 0 saturated heterocycles. The Labute approximate surface area is 112 Å². The van der Waals surface area contributed by atoms with Gasteiger partial charge in [-0.1, -0.05) is 26.7 Å². The molecule has 0 aromatic rings. The number of carbonyl (C=O) groups excluding carboxylic acids is 1. The summed E-state index contributed by atoms with van der Waals surface area (Å²) in [5.41, 5.74) is 0. The highest BCUT2D eigenvalue weighted by molar-refractivity contribution is 6.17. The third-order valence-electron chi connectivity index (χ3n) is 1.80. The summed E-state index contributed by atoms with van der Waals surface area (Å²) in [5, 5.41) is 0. The molecule has 0 N–H and O–H groups in total. The van der Waals surface area contributed by atoms with Crippen LogP contribution in [-0.4, -0.2) is 41.7 Å². The van der Waals surface area contributed by atoms with Crippen molar-refractivity contribution in [2.45, 2.75) is 53.4 Å². The lowest BCUT2D eigenvalue weighted by Crippen LogP contribution is -2.06. The average Bonchev–Trinajstić information content (AvgIpc) is 2.29. The monoisotopic (exact) mass is 262 g/mol. The van der Waals surface area contributed by atoms with Crippen molar-refractivity contribution in [3.05, 3.63) is 0 Å². The van der Waals surface area contributed by atoms with Crippen LogP contribution in [0, 0.1) is 0 Å². The van der Waals surface area contributed by atoms with Gasteiger partial charge < -0.3 is 12.3 Å². The zero-order valence-corrected chi connectivity index (χ0v) is 13.2. The van der Waals surface area contributed by atoms with Crippen LogP contribution in [0.15, 0.2) is 0 Å². The van der Waals surface area contributed by atoms with Crippen molar-refractivity contribution in [1.29, 1.82) is 0 Å². The Morgan fingerprint density at radius 1 is 1.00 bits per heavy atom. The largest absolute Gasteiger partial charge is 0.649 e. The molecule has 0 aliphatic rings. The molecule has 0 aromatic carbocycles. The molecule has 0 amide bonds. The normalized spacial score (nSPS) is 9.18. The maximum absolute atomic E-state index is 9.82. The van der Waals surface area contributed by atoms with E-state index in [-0.39, 0.29) is 5.97 Å². The zero-order chi connectivity index (χ0) is 13.4. The van der Waals surface area contributed by atoms with Crippen molar-refractivity contribution in [3.8, 4) is 0 Å². The fourth-order valence-electron chi connectivity index (χ4n) is 0.873. The van der Waals surface area contributed by atoms with Gasteiger partial charge in [-0.15, -0.1) is 0 Å². The Morgan fingerprint density at radius 2 is 1.47 bits per heavy atom. The van der Waals surface area contributed by atoms with E-state index < -0.39 is 15.9 Å². The number of ether oxygens (including phenoxy) is 1. The molecule has 17 heavy (non-hydrogen) atoms. The van der Waals surface area contributed by atoms with Crippen LogP contribution in [0.4, 0.5) is 0 Å². The van der Waals surface area contributed by atoms with Crippen LogP contribution in [0.3, 0.4) is 0 Å². The summed E-state index contributed by atoms with van der Waals surface area (Å²) in [6.45, 7) is 9.79. The molecule has 102 valence electrons. The summed E-state index contributed by atoms with van der Waals surface area (Å²) in [6.07, 6.45) is 4.76. The molecule has 5 heteroatoms. The summed E-state index contributed by atoms with van der Waals surface area (Å²) in [6, 6.07) is 0. The highest BCUT2D eigenvalue weighted by atomic mass is 27.2. The Kier molecular flexibility index (Phi) is 20.7. The van der Waals surface area contributed by atoms with Crippen molar-refractivity contribution >= 4 is 21.9 Å². The molecule has 0 rings (SSSR count). The van der Waals surface area contributed by atoms with E-state index in [4.69, 9.17) is 7.58 Å². The van der Waals surface area contributed by atoms with Gasteiger partial charge in [0.05, 0.1) is 6.61 Å². The summed E-state index contributed by atoms with van der Waals surface area (Å²) in [4.78, 5) is 9.82. The molecule has 4 nitrogen and oxygen atoms in total. The van der Waals surface area contributed by atoms with Crippen LogP contribution >= 0.6 is 0 Å². The quantitative estimate of drug-likeness (QED) is 0.364. The van der Waals surface area contributed by atoms with E-state index in [9.17, 15) is 4.79 Å². The van der Waals surface area contributed by atoms with Crippen LogP contribution in [0.25, 0.3) is 0 Å². The minimum Gasteiger partial charge on any atom is -0.481 e. The molecular formula is C12H27AlO4. The first kappa shape index (κ1) is 19.3. The van der Waals surface area contributed by atoms with Gasteiger partial charge in [-0.25, -0.2) is 0 Å². The molecule has 0 fully saturated rings. The fraction of sp³-hybridized carbons (Fsp3) is 0.917. The maximum atomic E-state index is 9.82. The number of unbranched alkanes of at least 4 members (excludes halogenated alkanes) is 2. The zero-order valence-electron chi connectivity index (χ0n) is 11.8. The topological polar surface area (TPSA) is 44.8 Å². The molecule has 0 heterocycles. The first-order valence-electron chi connectivity index (χ1n) is 6.47. The summed E-state index contributed by atoms with van der Waals surface area (Å²) < 4.78 is 15.1. The Hall–Kier alpha value is -0.0775. The number of esters is 1. The van der Waals surface area contributed by atoms with E-state index in [1.807, 2.05) is 0 Å². The second kappa shape index (κ2) is 18.3. The van der Waals surface area contributed by atoms with E-state index in [2.05, 4.69) is 18.6 Å². The highest BCUT2D eigenvalue weighted by Gasteiger charge is 1.94. The Morgan fingerprint density at radius 3 is 1.71 bits per heavy atom. The van der Waals surface area contributed by atoms with Crippen LogP contribution < -0.4 is 0 Å². The van der Waals surface area contributed by atoms with E-state index in [0.29, 0.717) is 6.61 Å². The van der Waals surface area contributed by atoms with Gasteiger partial charge in [0.1, 0.15) is 0 Å². The SMILES string of the molecule is CCCC[O][AlH][O]CCCC.CCOC(C)=O. The molecule has 0 aromatic heterocycles. The fourth-order valence-corrected chi connectivity index (χ4v) is 1.63. The number of hydrogen-bond acceptors (Lipinski definition) is 4. The Balaban J connectivity index is 0. The van der Waals surface area contributed by atoms with Gasteiger partial charge in [0.2, 0.25) is 0 Å². The summed E-state index contributed by atoms with van der Waals surface area (Å²) in [7, 11) is 0. The van der Waals surface area contributed by atoms with Gasteiger partial charge >= 0.3 is 21.9 Å². The summed E-state index contributed by atoms with van der Waals surface area (Å²) in [5.74, 6) is -0.211. The first-order valence-corrected chi connectivity index (χ1v) is 7.63. The lowest BCUT2D eigenvalue weighted by atomic mass is 10.4.